The van der Waals surface area contributed by atoms with Gasteiger partial charge in [-0.25, -0.2) is 19.3 Å². The molecule has 0 bridgehead atoms. The minimum Gasteiger partial charge on any atom is -0.379 e. The van der Waals surface area contributed by atoms with E-state index in [1.165, 1.54) is 130 Å². The molecule has 0 radical (unpaired) electrons. The Labute approximate surface area is 677 Å². The van der Waals surface area contributed by atoms with Crippen molar-refractivity contribution in [2.45, 2.75) is 114 Å². The summed E-state index contributed by atoms with van der Waals surface area (Å²) in [5.41, 5.74) is -10.3. The lowest BCUT2D eigenvalue weighted by Crippen LogP contribution is -2.48. The minimum atomic E-state index is -4.74. The van der Waals surface area contributed by atoms with Crippen molar-refractivity contribution < 1.29 is 80.2 Å². The second kappa shape index (κ2) is 39.5. The van der Waals surface area contributed by atoms with Gasteiger partial charge in [-0.1, -0.05) is 34.8 Å². The van der Waals surface area contributed by atoms with Crippen molar-refractivity contribution in [3.63, 3.8) is 0 Å². The Hall–Kier alpha value is -11.2. The van der Waals surface area contributed by atoms with E-state index in [4.69, 9.17) is 61.1 Å². The summed E-state index contributed by atoms with van der Waals surface area (Å²) >= 11 is 24.0. The molecule has 1 aliphatic heterocycles. The second-order valence-electron chi connectivity index (χ2n) is 26.1. The zero-order valence-electron chi connectivity index (χ0n) is 60.3. The van der Waals surface area contributed by atoms with E-state index in [1.54, 1.807) is 29.1 Å². The number of anilines is 5. The van der Waals surface area contributed by atoms with Crippen molar-refractivity contribution >= 4 is 125 Å². The van der Waals surface area contributed by atoms with Crippen molar-refractivity contribution in [3.8, 4) is 30.3 Å². The molecule has 598 valence electrons. The van der Waals surface area contributed by atoms with Gasteiger partial charge in [-0.2, -0.15) is 57.8 Å². The molecular weight excluding hydrogens is 1700 g/mol. The lowest BCUT2D eigenvalue weighted by Gasteiger charge is -2.27. The molecule has 5 atom stereocenters. The number of likely N-dealkylation sites (tertiary alicyclic amines) is 1. The zero-order chi connectivity index (χ0) is 84.9. The first-order chi connectivity index (χ1) is 53.2. The molecule has 10 rings (SSSR count). The Morgan fingerprint density at radius 3 is 1.15 bits per heavy atom. The van der Waals surface area contributed by atoms with E-state index < -0.39 is 98.0 Å². The first-order valence-corrected chi connectivity index (χ1v) is 35.6. The van der Waals surface area contributed by atoms with Crippen LogP contribution in [0.2, 0.25) is 15.1 Å². The van der Waals surface area contributed by atoms with Crippen LogP contribution >= 0.6 is 66.7 Å². The highest BCUT2D eigenvalue weighted by Crippen LogP contribution is 2.36. The fourth-order valence-electron chi connectivity index (χ4n) is 10.0. The lowest BCUT2D eigenvalue weighted by molar-refractivity contribution is -0.138. The predicted molar refractivity (Wildman–Crippen MR) is 407 cm³/mol. The Kier molecular flexibility index (Phi) is 31.8. The van der Waals surface area contributed by atoms with E-state index in [0.29, 0.717) is 56.1 Å². The van der Waals surface area contributed by atoms with Crippen molar-refractivity contribution in [2.75, 3.05) is 46.2 Å². The average Bonchev–Trinajstić information content (AvgIpc) is 1.84. The monoisotopic (exact) mass is 1770 g/mol. The molecule has 1 saturated heterocycles. The molecule has 29 nitrogen and oxygen atoms in total. The number of aromatic nitrogens is 8. The fourth-order valence-corrected chi connectivity index (χ4v) is 11.4. The summed E-state index contributed by atoms with van der Waals surface area (Å²) in [4.78, 5) is 74.5. The van der Waals surface area contributed by atoms with Gasteiger partial charge in [0.25, 0.3) is 29.5 Å². The second-order valence-corrected chi connectivity index (χ2v) is 28.9. The van der Waals surface area contributed by atoms with Gasteiger partial charge in [-0.05, 0) is 183 Å². The maximum atomic E-state index is 13.0. The normalized spacial score (nSPS) is 14.4. The van der Waals surface area contributed by atoms with Gasteiger partial charge in [0.1, 0.15) is 27.4 Å². The molecule has 0 spiro atoms. The number of halogens is 12. The number of nitriles is 5. The highest BCUT2D eigenvalue weighted by atomic mass is 79.9. The van der Waals surface area contributed by atoms with Gasteiger partial charge >= 0.3 is 12.4 Å². The van der Waals surface area contributed by atoms with Crippen LogP contribution in [-0.4, -0.2) is 146 Å². The molecular formula is C73H67Br2Cl3F7N19O10. The third-order valence-corrected chi connectivity index (χ3v) is 18.0. The number of benzene rings is 5. The van der Waals surface area contributed by atoms with E-state index in [1.807, 2.05) is 18.2 Å². The number of β-amino-alcohol motifs (C(OH)–C–C–N with tert-alkyl or cyclic N) is 1. The highest BCUT2D eigenvalue weighted by Gasteiger charge is 2.39. The van der Waals surface area contributed by atoms with Crippen LogP contribution in [0.25, 0.3) is 0 Å². The molecule has 41 heteroatoms. The van der Waals surface area contributed by atoms with Crippen LogP contribution in [0, 0.1) is 62.5 Å². The summed E-state index contributed by atoms with van der Waals surface area (Å²) < 4.78 is 97.2. The van der Waals surface area contributed by atoms with Crippen molar-refractivity contribution in [1.82, 2.24) is 43.3 Å². The van der Waals surface area contributed by atoms with Crippen molar-refractivity contribution in [3.05, 3.63) is 216 Å². The molecule has 5 heterocycles. The molecule has 1 fully saturated rings. The number of aliphatic hydroxyl groups is 5. The van der Waals surface area contributed by atoms with Gasteiger partial charge in [0.05, 0.1) is 130 Å². The zero-order valence-corrected chi connectivity index (χ0v) is 65.7. The number of imidazole rings is 3. The van der Waals surface area contributed by atoms with E-state index in [9.17, 15) is 80.2 Å². The topological polar surface area (TPSA) is 440 Å². The van der Waals surface area contributed by atoms with Gasteiger partial charge < -0.3 is 65.8 Å². The maximum Gasteiger partial charge on any atom is 0.417 e. The number of rotatable bonds is 20. The quantitative estimate of drug-likeness (QED) is 0.0317. The maximum absolute atomic E-state index is 13.0. The number of nitrogens with zero attached hydrogens (tertiary/aromatic N) is 14. The summed E-state index contributed by atoms with van der Waals surface area (Å²) in [5.74, 6) is -4.10. The van der Waals surface area contributed by atoms with Crippen LogP contribution in [0.1, 0.15) is 86.4 Å². The number of alkyl halides is 6. The predicted octanol–water partition coefficient (Wildman–Crippen LogP) is 11.6. The van der Waals surface area contributed by atoms with Crippen LogP contribution < -0.4 is 26.6 Å². The van der Waals surface area contributed by atoms with Gasteiger partial charge in [0.2, 0.25) is 0 Å². The Morgan fingerprint density at radius 1 is 0.474 bits per heavy atom. The van der Waals surface area contributed by atoms with Crippen molar-refractivity contribution in [2.24, 2.45) is 0 Å². The van der Waals surface area contributed by atoms with Crippen molar-refractivity contribution in [1.29, 1.82) is 26.3 Å². The summed E-state index contributed by atoms with van der Waals surface area (Å²) in [6.07, 6.45) is 5.27. The third-order valence-electron chi connectivity index (χ3n) is 16.0. The number of hydrogen-bond acceptors (Lipinski definition) is 20. The molecule has 5 amide bonds. The van der Waals surface area contributed by atoms with Crippen LogP contribution in [-0.2, 0) is 62.5 Å². The number of nitrogens with one attached hydrogen (secondary N) is 5. The number of carbonyl (C=O) groups excluding carboxylic acids is 5. The van der Waals surface area contributed by atoms with Gasteiger partial charge in [0, 0.05) is 53.6 Å². The van der Waals surface area contributed by atoms with E-state index in [-0.39, 0.29) is 58.2 Å². The molecule has 1 aliphatic rings. The van der Waals surface area contributed by atoms with Gasteiger partial charge in [-0.3, -0.25) is 33.6 Å². The molecule has 10 N–H and O–H groups in total. The molecule has 0 unspecified atom stereocenters. The van der Waals surface area contributed by atoms with Crippen LogP contribution in [0.15, 0.2) is 156 Å². The fraction of sp³-hybridized carbons (Fsp3) is 0.288. The minimum absolute atomic E-state index is 0.0723. The smallest absolute Gasteiger partial charge is 0.379 e. The van der Waals surface area contributed by atoms with Crippen LogP contribution in [0.5, 0.6) is 0 Å². The van der Waals surface area contributed by atoms with E-state index >= 15 is 0 Å². The SMILES string of the molecule is C[C@](O)(CN1CCCC1)C(=O)Nc1ccc(C#N)c(Cl)c1.C[C@](O)(Cn1cc(F)cn1)C(=O)Nc1ccc(C#N)c(Cl)c1.C[C@](O)(Cn1ccnc1)C(=O)Nc1ccc(C#N)c(Cl)c1.C[C@](O)(Cn1cnc(Br)c1)C(=O)Nc1ccc(C#N)c(C(F)(F)F)c1.C[C@](O)(Cn1cncc1Br)C(=O)Nc1ccc(C#N)c(C(F)(F)F)c1. The molecule has 9 aromatic rings. The standard InChI is InChI=1S/2C15H12BrF3N4O2.C15H18ClN3O2.C14H12ClFN4O2.C14H13ClN4O2/c1-14(25,7-23-6-12(16)21-8-23)13(24)22-10-3-2-9(5-20)11(4-10)15(17,18)19;1-14(25,7-23-8-21-6-12(23)16)13(24)22-10-3-2-9(5-20)11(4-10)15(17,18)19;1-15(21,10-19-6-2-3-7-19)14(20)18-12-5-4-11(9-17)13(16)8-12;1-14(22,8-20-7-10(16)6-18-20)13(21)19-11-3-2-9(5-17)12(15)4-11;1-14(21,8-19-5-4-17-9-19)13(20)18-11-3-2-10(7-16)12(15)6-11/h2*2-4,6,8,25H,7H2,1H3,(H,22,24);4-5,8,21H,2-3,6-7,10H2,1H3,(H,18,20);2-4,6-7,22H,8H2,1H3,(H,19,21);2-6,9,21H,8H2,1H3,(H,18,20)/t2*14-;15-;2*14-/m00000/s1. The molecule has 0 aliphatic carbocycles. The molecule has 5 aromatic carbocycles. The van der Waals surface area contributed by atoms with Crippen LogP contribution in [0.3, 0.4) is 0 Å². The Bertz CT molecular complexity index is 5170. The molecule has 4 aromatic heterocycles. The average molecular weight is 1770 g/mol. The van der Waals surface area contributed by atoms with Gasteiger partial charge in [-0.15, -0.1) is 0 Å². The van der Waals surface area contributed by atoms with Gasteiger partial charge in [0.15, 0.2) is 33.8 Å². The third kappa shape index (κ3) is 27.0. The summed E-state index contributed by atoms with van der Waals surface area (Å²) in [5, 5.41) is 112. The van der Waals surface area contributed by atoms with Crippen LogP contribution in [0.4, 0.5) is 59.2 Å². The number of carbonyl (C=O) groups is 5. The molecule has 0 saturated carbocycles. The highest BCUT2D eigenvalue weighted by molar-refractivity contribution is 9.10. The summed E-state index contributed by atoms with van der Waals surface area (Å²) in [6.45, 7) is 8.32. The number of hydrogen-bond donors (Lipinski definition) is 10. The molecule has 114 heavy (non-hydrogen) atoms. The van der Waals surface area contributed by atoms with E-state index in [0.717, 1.165) is 67.3 Å². The first kappa shape index (κ1) is 91.7. The first-order valence-electron chi connectivity index (χ1n) is 32.9. The summed E-state index contributed by atoms with van der Waals surface area (Å²) in [6, 6.07) is 27.7. The lowest BCUT2D eigenvalue weighted by atomic mass is 10.0. The number of amides is 5. The Morgan fingerprint density at radius 2 is 0.833 bits per heavy atom. The summed E-state index contributed by atoms with van der Waals surface area (Å²) in [7, 11) is 0. The Balaban J connectivity index is 0.000000222. The van der Waals surface area contributed by atoms with E-state index in [2.05, 4.69) is 83.4 Å². The largest absolute Gasteiger partial charge is 0.417 e.